The predicted octanol–water partition coefficient (Wildman–Crippen LogP) is 1.38. The van der Waals surface area contributed by atoms with E-state index in [-0.39, 0.29) is 0 Å². The average Bonchev–Trinajstić information content (AvgIpc) is 2.47. The van der Waals surface area contributed by atoms with Gasteiger partial charge in [0.05, 0.1) is 12.3 Å². The molecule has 4 N–H and O–H groups in total. The van der Waals surface area contributed by atoms with Gasteiger partial charge in [-0.15, -0.1) is 6.58 Å². The van der Waals surface area contributed by atoms with E-state index in [1.165, 1.54) is 0 Å². The van der Waals surface area contributed by atoms with Crippen molar-refractivity contribution in [3.63, 3.8) is 0 Å². The fraction of sp³-hybridized carbons (Fsp3) is 0.444. The van der Waals surface area contributed by atoms with Gasteiger partial charge in [0.1, 0.15) is 5.82 Å². The van der Waals surface area contributed by atoms with Crippen molar-refractivity contribution in [2.75, 3.05) is 5.73 Å². The molecule has 0 saturated carbocycles. The van der Waals surface area contributed by atoms with Crippen LogP contribution < -0.4 is 5.73 Å². The minimum Gasteiger partial charge on any atom is -0.388 e. The number of rotatable bonds is 4. The van der Waals surface area contributed by atoms with Crippen LogP contribution in [0.15, 0.2) is 18.3 Å². The fourth-order valence-electron chi connectivity index (χ4n) is 1.11. The zero-order valence-electron chi connectivity index (χ0n) is 7.75. The summed E-state index contributed by atoms with van der Waals surface area (Å²) in [4.78, 5) is 0. The van der Waals surface area contributed by atoms with Gasteiger partial charge < -0.3 is 10.8 Å². The molecule has 1 aromatic heterocycles. The molecule has 0 fully saturated rings. The minimum absolute atomic E-state index is 0.439. The lowest BCUT2D eigenvalue weighted by Gasteiger charge is -2.08. The smallest absolute Gasteiger partial charge is 0.124 e. The number of nitrogens with two attached hydrogens (primary N) is 1. The second-order valence-corrected chi connectivity index (χ2v) is 3.25. The topological polar surface area (TPSA) is 74.9 Å². The van der Waals surface area contributed by atoms with E-state index in [2.05, 4.69) is 16.8 Å². The molecule has 1 aromatic rings. The Labute approximate surface area is 77.5 Å². The zero-order chi connectivity index (χ0) is 9.84. The maximum absolute atomic E-state index is 9.66. The van der Waals surface area contributed by atoms with Gasteiger partial charge in [-0.3, -0.25) is 5.10 Å². The first-order valence-electron chi connectivity index (χ1n) is 4.22. The average molecular weight is 181 g/mol. The molecule has 0 radical (unpaired) electrons. The first-order valence-corrected chi connectivity index (χ1v) is 4.22. The van der Waals surface area contributed by atoms with Crippen LogP contribution in [0.5, 0.6) is 0 Å². The molecule has 0 aliphatic heterocycles. The van der Waals surface area contributed by atoms with E-state index in [1.54, 1.807) is 6.20 Å². The normalized spacial score (nSPS) is 12.8. The van der Waals surface area contributed by atoms with Gasteiger partial charge in [0, 0.05) is 5.56 Å². The lowest BCUT2D eigenvalue weighted by Crippen LogP contribution is -2.00. The van der Waals surface area contributed by atoms with E-state index in [0.29, 0.717) is 17.8 Å². The van der Waals surface area contributed by atoms with Crippen LogP contribution in [-0.4, -0.2) is 15.3 Å². The molecule has 0 aliphatic carbocycles. The van der Waals surface area contributed by atoms with Crippen molar-refractivity contribution in [3.8, 4) is 0 Å². The van der Waals surface area contributed by atoms with Gasteiger partial charge in [0.15, 0.2) is 0 Å². The number of aromatic amines is 1. The van der Waals surface area contributed by atoms with Gasteiger partial charge in [-0.1, -0.05) is 5.57 Å². The highest BCUT2D eigenvalue weighted by molar-refractivity contribution is 5.38. The van der Waals surface area contributed by atoms with E-state index in [1.807, 2.05) is 6.92 Å². The third-order valence-electron chi connectivity index (χ3n) is 1.90. The second kappa shape index (κ2) is 4.09. The number of nitrogen functional groups attached to an aromatic ring is 1. The number of hydrogen-bond acceptors (Lipinski definition) is 3. The van der Waals surface area contributed by atoms with Gasteiger partial charge >= 0.3 is 0 Å². The van der Waals surface area contributed by atoms with Crippen molar-refractivity contribution in [3.05, 3.63) is 23.9 Å². The van der Waals surface area contributed by atoms with Crippen molar-refractivity contribution < 1.29 is 5.11 Å². The Hall–Kier alpha value is -1.29. The molecule has 0 bridgehead atoms. The van der Waals surface area contributed by atoms with Crippen LogP contribution >= 0.6 is 0 Å². The predicted molar refractivity (Wildman–Crippen MR) is 52.0 cm³/mol. The highest BCUT2D eigenvalue weighted by atomic mass is 16.3. The molecule has 0 aliphatic rings. The number of allylic oxidation sites excluding steroid dienone is 1. The van der Waals surface area contributed by atoms with Crippen LogP contribution in [0.1, 0.15) is 31.4 Å². The molecule has 72 valence electrons. The molecule has 0 aromatic carbocycles. The molecule has 0 amide bonds. The van der Waals surface area contributed by atoms with Crippen LogP contribution in [0.2, 0.25) is 0 Å². The van der Waals surface area contributed by atoms with Gasteiger partial charge in [-0.2, -0.15) is 5.10 Å². The number of aliphatic hydroxyl groups excluding tert-OH is 1. The largest absolute Gasteiger partial charge is 0.388 e. The zero-order valence-corrected chi connectivity index (χ0v) is 7.75. The highest BCUT2D eigenvalue weighted by Crippen LogP contribution is 2.22. The van der Waals surface area contributed by atoms with Crippen LogP contribution in [0, 0.1) is 0 Å². The summed E-state index contributed by atoms with van der Waals surface area (Å²) in [5.41, 5.74) is 7.27. The molecule has 0 saturated heterocycles. The maximum atomic E-state index is 9.66. The monoisotopic (exact) mass is 181 g/mol. The summed E-state index contributed by atoms with van der Waals surface area (Å²) in [7, 11) is 0. The molecule has 1 unspecified atom stereocenters. The highest BCUT2D eigenvalue weighted by Gasteiger charge is 2.11. The summed E-state index contributed by atoms with van der Waals surface area (Å²) >= 11 is 0. The Morgan fingerprint density at radius 3 is 3.00 bits per heavy atom. The first-order chi connectivity index (χ1) is 6.11. The molecule has 0 spiro atoms. The summed E-state index contributed by atoms with van der Waals surface area (Å²) in [5, 5.41) is 16.0. The van der Waals surface area contributed by atoms with E-state index >= 15 is 0 Å². The molecule has 1 heterocycles. The summed E-state index contributed by atoms with van der Waals surface area (Å²) < 4.78 is 0. The summed E-state index contributed by atoms with van der Waals surface area (Å²) in [5.74, 6) is 0.439. The Balaban J connectivity index is 2.53. The SMILES string of the molecule is C=C(C)CCC(O)c1cn[nH]c1N. The Morgan fingerprint density at radius 2 is 2.54 bits per heavy atom. The Morgan fingerprint density at radius 1 is 1.85 bits per heavy atom. The van der Waals surface area contributed by atoms with Gasteiger partial charge in [0.2, 0.25) is 0 Å². The number of anilines is 1. The minimum atomic E-state index is -0.546. The standard InChI is InChI=1S/C9H15N3O/c1-6(2)3-4-8(13)7-5-11-12-9(7)10/h5,8,13H,1,3-4H2,2H3,(H3,10,11,12). The number of aromatic nitrogens is 2. The van der Waals surface area contributed by atoms with Gasteiger partial charge in [-0.25, -0.2) is 0 Å². The fourth-order valence-corrected chi connectivity index (χ4v) is 1.11. The van der Waals surface area contributed by atoms with Crippen molar-refractivity contribution in [2.45, 2.75) is 25.9 Å². The van der Waals surface area contributed by atoms with E-state index in [9.17, 15) is 5.11 Å². The molecule has 4 heteroatoms. The van der Waals surface area contributed by atoms with Gasteiger partial charge in [0.25, 0.3) is 0 Å². The number of nitrogens with one attached hydrogen (secondary N) is 1. The Kier molecular flexibility index (Phi) is 3.08. The lowest BCUT2D eigenvalue weighted by atomic mass is 10.1. The van der Waals surface area contributed by atoms with Gasteiger partial charge in [-0.05, 0) is 19.8 Å². The molecule has 1 rings (SSSR count). The lowest BCUT2D eigenvalue weighted by molar-refractivity contribution is 0.168. The molecular weight excluding hydrogens is 166 g/mol. The van der Waals surface area contributed by atoms with Crippen molar-refractivity contribution in [2.24, 2.45) is 0 Å². The van der Waals surface area contributed by atoms with Crippen LogP contribution in [0.4, 0.5) is 5.82 Å². The molecule has 13 heavy (non-hydrogen) atoms. The Bertz CT molecular complexity index is 293. The van der Waals surface area contributed by atoms with E-state index in [0.717, 1.165) is 12.0 Å². The third kappa shape index (κ3) is 2.59. The molecule has 1 atom stereocenters. The summed E-state index contributed by atoms with van der Waals surface area (Å²) in [6.07, 6.45) is 2.44. The number of aliphatic hydroxyl groups is 1. The summed E-state index contributed by atoms with van der Waals surface area (Å²) in [6, 6.07) is 0. The second-order valence-electron chi connectivity index (χ2n) is 3.25. The van der Waals surface area contributed by atoms with Crippen molar-refractivity contribution in [1.29, 1.82) is 0 Å². The number of nitrogens with zero attached hydrogens (tertiary/aromatic N) is 1. The third-order valence-corrected chi connectivity index (χ3v) is 1.90. The van der Waals surface area contributed by atoms with Crippen molar-refractivity contribution in [1.82, 2.24) is 10.2 Å². The molecule has 4 nitrogen and oxygen atoms in total. The number of hydrogen-bond donors (Lipinski definition) is 3. The van der Waals surface area contributed by atoms with Crippen LogP contribution in [0.3, 0.4) is 0 Å². The number of H-pyrrole nitrogens is 1. The maximum Gasteiger partial charge on any atom is 0.124 e. The van der Waals surface area contributed by atoms with Crippen molar-refractivity contribution >= 4 is 5.82 Å². The van der Waals surface area contributed by atoms with E-state index in [4.69, 9.17) is 5.73 Å². The van der Waals surface area contributed by atoms with Crippen LogP contribution in [-0.2, 0) is 0 Å². The summed E-state index contributed by atoms with van der Waals surface area (Å²) in [6.45, 7) is 5.70. The quantitative estimate of drug-likeness (QED) is 0.614. The van der Waals surface area contributed by atoms with Crippen LogP contribution in [0.25, 0.3) is 0 Å². The first kappa shape index (κ1) is 9.80. The van der Waals surface area contributed by atoms with E-state index < -0.39 is 6.10 Å². The molecular formula is C9H15N3O.